The zero-order valence-corrected chi connectivity index (χ0v) is 29.1. The quantitative estimate of drug-likeness (QED) is 0.226. The van der Waals surface area contributed by atoms with Gasteiger partial charge in [-0.3, -0.25) is 0 Å². The van der Waals surface area contributed by atoms with Crippen molar-refractivity contribution in [2.24, 2.45) is 21.7 Å². The maximum atomic E-state index is 2.82. The number of rotatable bonds is 1. The van der Waals surface area contributed by atoms with Crippen molar-refractivity contribution in [1.29, 1.82) is 0 Å². The van der Waals surface area contributed by atoms with Gasteiger partial charge in [0, 0.05) is 23.6 Å². The molecule has 0 aromatic rings. The minimum Gasteiger partial charge on any atom is -0.0688 e. The molecule has 0 aromatic heterocycles. The smallest absolute Gasteiger partial charge is 0.0580 e. The van der Waals surface area contributed by atoms with Gasteiger partial charge in [-0.2, -0.15) is 0 Å². The lowest BCUT2D eigenvalue weighted by atomic mass is 9.97. The molecule has 0 spiro atoms. The largest absolute Gasteiger partial charge is 0.0688 e. The summed E-state index contributed by atoms with van der Waals surface area (Å²) < 4.78 is 3.47. The molecule has 176 valence electrons. The summed E-state index contributed by atoms with van der Waals surface area (Å²) in [6, 6.07) is 0. The van der Waals surface area contributed by atoms with E-state index < -0.39 is 8.07 Å². The monoisotopic (exact) mass is 548 g/mol. The Labute approximate surface area is 201 Å². The van der Waals surface area contributed by atoms with E-state index in [9.17, 15) is 0 Å². The van der Waals surface area contributed by atoms with Crippen molar-refractivity contribution in [3.63, 3.8) is 0 Å². The van der Waals surface area contributed by atoms with Crippen molar-refractivity contribution in [3.8, 4) is 0 Å². The Morgan fingerprint density at radius 1 is 0.484 bits per heavy atom. The van der Waals surface area contributed by atoms with E-state index in [2.05, 4.69) is 103 Å². The van der Waals surface area contributed by atoms with Crippen molar-refractivity contribution >= 4 is 54.4 Å². The molecule has 7 aliphatic rings. The van der Waals surface area contributed by atoms with E-state index in [0.717, 1.165) is 18.6 Å². The highest BCUT2D eigenvalue weighted by Gasteiger charge is 3.16. The predicted octanol–water partition coefficient (Wildman–Crippen LogP) is 11.8. The molecule has 7 heteroatoms. The summed E-state index contributed by atoms with van der Waals surface area (Å²) in [5.74, 6) is 0. The van der Waals surface area contributed by atoms with E-state index in [1.54, 1.807) is 0 Å². The van der Waals surface area contributed by atoms with Gasteiger partial charge in [-0.05, 0) is 36.9 Å². The average molecular weight is 549 g/mol. The van der Waals surface area contributed by atoms with Crippen LogP contribution in [0.15, 0.2) is 0 Å². The lowest BCUT2D eigenvalue weighted by Gasteiger charge is -2.90. The third kappa shape index (κ3) is 1.76. The van der Waals surface area contributed by atoms with E-state index in [-0.39, 0.29) is 46.3 Å². The van der Waals surface area contributed by atoms with E-state index in [1.807, 2.05) is 0 Å². The molecule has 0 radical (unpaired) electrons. The third-order valence-electron chi connectivity index (χ3n) is 9.38. The van der Waals surface area contributed by atoms with Gasteiger partial charge in [0.2, 0.25) is 0 Å². The second kappa shape index (κ2) is 5.48. The second-order valence-electron chi connectivity index (χ2n) is 16.3. The molecule has 7 aliphatic heterocycles. The van der Waals surface area contributed by atoms with Gasteiger partial charge in [-0.15, -0.1) is 0 Å². The first-order chi connectivity index (χ1) is 13.6. The summed E-state index contributed by atoms with van der Waals surface area (Å²) >= 11 is 0. The lowest BCUT2D eigenvalue weighted by molar-refractivity contribution is 0.322. The molecule has 0 N–H and O–H groups in total. The molecule has 6 atom stereocenters. The van der Waals surface area contributed by atoms with Crippen molar-refractivity contribution in [1.82, 2.24) is 0 Å². The van der Waals surface area contributed by atoms with Crippen LogP contribution < -0.4 is 0 Å². The number of hydrogen-bond donors (Lipinski definition) is 0. The van der Waals surface area contributed by atoms with Gasteiger partial charge in [-0.25, -0.2) is 0 Å². The summed E-state index contributed by atoms with van der Waals surface area (Å²) in [7, 11) is 0.223. The normalized spacial score (nSPS) is 58.4. The van der Waals surface area contributed by atoms with Crippen LogP contribution in [0.5, 0.6) is 0 Å². The summed E-state index contributed by atoms with van der Waals surface area (Å²) in [6.45, 7) is 41.3. The fourth-order valence-electron chi connectivity index (χ4n) is 9.02. The SMILES string of the molecule is CC(C)(C)C12P3C4(C(C)(C)C)P1[C@]1(C(C)(C)C)[P@]5C([Si](C)(C)C)[P@]([P@@]41)[C@]3(C(C)(C)C)[P@@]52. The molecule has 0 aliphatic carbocycles. The van der Waals surface area contributed by atoms with Gasteiger partial charge in [-0.1, -0.05) is 134 Å². The fourth-order valence-corrected chi connectivity index (χ4v) is 110. The third-order valence-corrected chi connectivity index (χ3v) is 67.8. The molecule has 7 heterocycles. The van der Waals surface area contributed by atoms with Crippen LogP contribution in [-0.2, 0) is 0 Å². The molecule has 0 nitrogen and oxygen atoms in total. The van der Waals surface area contributed by atoms with Gasteiger partial charge < -0.3 is 0 Å². The molecule has 0 unspecified atom stereocenters. The molecule has 7 fully saturated rings. The number of hydrogen-bond acceptors (Lipinski definition) is 0. The molecular weight excluding hydrogens is 502 g/mol. The Balaban J connectivity index is 1.76. The minimum absolute atomic E-state index is 0.189. The van der Waals surface area contributed by atoms with Crippen LogP contribution in [0.25, 0.3) is 0 Å². The van der Waals surface area contributed by atoms with Crippen LogP contribution in [-0.4, -0.2) is 31.7 Å². The lowest BCUT2D eigenvalue weighted by Crippen LogP contribution is -2.72. The van der Waals surface area contributed by atoms with Crippen LogP contribution in [0.2, 0.25) is 19.6 Å². The maximum Gasteiger partial charge on any atom is 0.0580 e. The topological polar surface area (TPSA) is 0 Å². The Hall–Kier alpha value is 2.80. The molecular formula is C24H46P6Si. The van der Waals surface area contributed by atoms with Gasteiger partial charge >= 0.3 is 0 Å². The summed E-state index contributed by atoms with van der Waals surface area (Å²) in [4.78, 5) is 0. The Morgan fingerprint density at radius 3 is 0.935 bits per heavy atom. The van der Waals surface area contributed by atoms with Crippen molar-refractivity contribution < 1.29 is 0 Å². The van der Waals surface area contributed by atoms with Crippen molar-refractivity contribution in [2.75, 3.05) is 0 Å². The molecule has 2 bridgehead atoms. The van der Waals surface area contributed by atoms with Crippen LogP contribution in [0.3, 0.4) is 0 Å². The standard InChI is InChI=1S/C24H46P6Si/c1-17(2,3)21-25-16(31(13,14)15)26-22(18(4,5)6)28-23(29(21)26,19(7,8)9)27(21)24(28,30(22)25)20(10,11)12/h16H,1-15H3/t16?,21-,22-,23?,24?,25-,26-,27?,28?,29+,30+/m0/s1. The summed E-state index contributed by atoms with van der Waals surface area (Å²) in [5.41, 5.74) is 2.22. The fraction of sp³-hybridized carbons (Fsp3) is 1.00. The zero-order valence-electron chi connectivity index (χ0n) is 22.8. The van der Waals surface area contributed by atoms with Gasteiger partial charge in [0.25, 0.3) is 0 Å². The molecule has 31 heavy (non-hydrogen) atoms. The second-order valence-corrected chi connectivity index (χ2v) is 45.2. The Morgan fingerprint density at radius 2 is 0.742 bits per heavy atom. The van der Waals surface area contributed by atoms with Crippen LogP contribution in [0.1, 0.15) is 83.1 Å². The first-order valence-corrected chi connectivity index (χ1v) is 25.6. The van der Waals surface area contributed by atoms with E-state index in [0.29, 0.717) is 21.7 Å². The van der Waals surface area contributed by atoms with Gasteiger partial charge in [0.1, 0.15) is 0 Å². The first kappa shape index (κ1) is 24.2. The maximum absolute atomic E-state index is 2.82. The average Bonchev–Trinajstić information content (AvgIpc) is 2.73. The van der Waals surface area contributed by atoms with Crippen LogP contribution in [0.4, 0.5) is 0 Å². The Kier molecular flexibility index (Phi) is 4.27. The highest BCUT2D eigenvalue weighted by atomic mass is 32.2. The molecule has 7 rings (SSSR count). The van der Waals surface area contributed by atoms with Crippen LogP contribution >= 0.6 is 46.3 Å². The summed E-state index contributed by atoms with van der Waals surface area (Å²) in [6.07, 6.45) is 0. The van der Waals surface area contributed by atoms with Crippen molar-refractivity contribution in [2.45, 2.75) is 126 Å². The van der Waals surface area contributed by atoms with Crippen molar-refractivity contribution in [3.05, 3.63) is 0 Å². The first-order valence-electron chi connectivity index (χ1n) is 12.4. The van der Waals surface area contributed by atoms with E-state index in [1.165, 1.54) is 5.02 Å². The molecule has 0 amide bonds. The van der Waals surface area contributed by atoms with Gasteiger partial charge in [0.15, 0.2) is 0 Å². The molecule has 7 saturated heterocycles. The highest BCUT2D eigenvalue weighted by molar-refractivity contribution is 8.77. The summed E-state index contributed by atoms with van der Waals surface area (Å²) in [5, 5.41) is 1.27. The Bertz CT molecular complexity index is 823. The minimum atomic E-state index is -1.17. The molecule has 0 saturated carbocycles. The predicted molar refractivity (Wildman–Crippen MR) is 157 cm³/mol. The van der Waals surface area contributed by atoms with E-state index >= 15 is 0 Å². The zero-order chi connectivity index (χ0) is 23.5. The van der Waals surface area contributed by atoms with Crippen LogP contribution in [0, 0.1) is 21.7 Å². The van der Waals surface area contributed by atoms with Gasteiger partial charge in [0.05, 0.1) is 8.07 Å². The molecule has 0 aromatic carbocycles. The van der Waals surface area contributed by atoms with E-state index in [4.69, 9.17) is 0 Å². The highest BCUT2D eigenvalue weighted by Crippen LogP contribution is 3.54.